The fourth-order valence-electron chi connectivity index (χ4n) is 2.45. The van der Waals surface area contributed by atoms with Gasteiger partial charge in [-0.3, -0.25) is 0 Å². The average Bonchev–Trinajstić information content (AvgIpc) is 2.29. The average molecular weight is 247 g/mol. The van der Waals surface area contributed by atoms with E-state index in [0.717, 1.165) is 38.6 Å². The lowest BCUT2D eigenvalue weighted by Gasteiger charge is -2.24. The highest BCUT2D eigenvalue weighted by Crippen LogP contribution is 2.24. The zero-order valence-corrected chi connectivity index (χ0v) is 11.4. The molecule has 1 N–H and O–H groups in total. The molecule has 0 spiro atoms. The Morgan fingerprint density at radius 2 is 1.81 bits per heavy atom. The second kappa shape index (κ2) is 6.60. The third-order valence-corrected chi connectivity index (χ3v) is 5.83. The van der Waals surface area contributed by atoms with Gasteiger partial charge < -0.3 is 5.32 Å². The molecule has 0 saturated heterocycles. The lowest BCUT2D eigenvalue weighted by Crippen LogP contribution is -2.39. The van der Waals surface area contributed by atoms with Crippen LogP contribution in [0.5, 0.6) is 0 Å². The first kappa shape index (κ1) is 14.0. The van der Waals surface area contributed by atoms with Crippen LogP contribution in [0.15, 0.2) is 0 Å². The highest BCUT2D eigenvalue weighted by atomic mass is 32.2. The van der Waals surface area contributed by atoms with Crippen LogP contribution in [-0.4, -0.2) is 32.0 Å². The Labute approximate surface area is 99.9 Å². The Bertz CT molecular complexity index is 281. The van der Waals surface area contributed by atoms with Gasteiger partial charge in [0.15, 0.2) is 9.84 Å². The van der Waals surface area contributed by atoms with Gasteiger partial charge in [0.2, 0.25) is 0 Å². The minimum atomic E-state index is -2.88. The van der Waals surface area contributed by atoms with Crippen molar-refractivity contribution in [2.24, 2.45) is 0 Å². The van der Waals surface area contributed by atoms with Crippen molar-refractivity contribution in [2.45, 2.75) is 63.7 Å². The zero-order valence-electron chi connectivity index (χ0n) is 10.5. The molecule has 1 rings (SSSR count). The van der Waals surface area contributed by atoms with Crippen molar-refractivity contribution in [3.8, 4) is 0 Å². The van der Waals surface area contributed by atoms with Crippen LogP contribution in [-0.2, 0) is 9.84 Å². The Morgan fingerprint density at radius 1 is 1.19 bits per heavy atom. The van der Waals surface area contributed by atoms with Crippen LogP contribution >= 0.6 is 0 Å². The number of hydrogen-bond donors (Lipinski definition) is 1. The van der Waals surface area contributed by atoms with Gasteiger partial charge in [0.05, 0.1) is 11.0 Å². The van der Waals surface area contributed by atoms with Crippen LogP contribution in [0.3, 0.4) is 0 Å². The van der Waals surface area contributed by atoms with Gasteiger partial charge in [0.1, 0.15) is 0 Å². The second-order valence-corrected chi connectivity index (χ2v) is 7.08. The van der Waals surface area contributed by atoms with E-state index in [1.807, 2.05) is 13.8 Å². The van der Waals surface area contributed by atoms with Crippen LogP contribution in [0, 0.1) is 0 Å². The molecule has 1 saturated carbocycles. The van der Waals surface area contributed by atoms with E-state index >= 15 is 0 Å². The van der Waals surface area contributed by atoms with Crippen LogP contribution < -0.4 is 5.32 Å². The van der Waals surface area contributed by atoms with E-state index in [4.69, 9.17) is 0 Å². The van der Waals surface area contributed by atoms with Crippen molar-refractivity contribution in [3.05, 3.63) is 0 Å². The summed E-state index contributed by atoms with van der Waals surface area (Å²) in [6, 6.07) is 0.136. The molecular weight excluding hydrogens is 222 g/mol. The van der Waals surface area contributed by atoms with Gasteiger partial charge in [-0.1, -0.05) is 33.1 Å². The van der Waals surface area contributed by atoms with Crippen molar-refractivity contribution in [2.75, 3.05) is 12.3 Å². The molecular formula is C12H25NO2S. The fraction of sp³-hybridized carbons (Fsp3) is 1.00. The predicted molar refractivity (Wildman–Crippen MR) is 68.4 cm³/mol. The minimum Gasteiger partial charge on any atom is -0.313 e. The molecule has 1 aliphatic rings. The summed E-state index contributed by atoms with van der Waals surface area (Å²) in [6.07, 6.45) is 6.02. The first-order chi connectivity index (χ1) is 7.60. The zero-order chi connectivity index (χ0) is 12.0. The lowest BCUT2D eigenvalue weighted by molar-refractivity contribution is 0.474. The van der Waals surface area contributed by atoms with Gasteiger partial charge in [0.25, 0.3) is 0 Å². The Hall–Kier alpha value is -0.0900. The smallest absolute Gasteiger partial charge is 0.154 e. The molecule has 96 valence electrons. The Kier molecular flexibility index (Phi) is 5.76. The summed E-state index contributed by atoms with van der Waals surface area (Å²) in [6.45, 7) is 4.91. The van der Waals surface area contributed by atoms with E-state index in [9.17, 15) is 8.42 Å². The molecule has 1 aliphatic carbocycles. The summed E-state index contributed by atoms with van der Waals surface area (Å²) in [4.78, 5) is 0. The Morgan fingerprint density at radius 3 is 2.31 bits per heavy atom. The number of sulfone groups is 1. The minimum absolute atomic E-state index is 0.0612. The summed E-state index contributed by atoms with van der Waals surface area (Å²) >= 11 is 0. The summed E-state index contributed by atoms with van der Waals surface area (Å²) in [5.74, 6) is 0.321. The predicted octanol–water partition coefficient (Wildman–Crippen LogP) is 2.12. The van der Waals surface area contributed by atoms with Crippen LogP contribution in [0.25, 0.3) is 0 Å². The summed E-state index contributed by atoms with van der Waals surface area (Å²) in [7, 11) is -2.88. The van der Waals surface area contributed by atoms with Crippen LogP contribution in [0.2, 0.25) is 0 Å². The van der Waals surface area contributed by atoms with Crippen LogP contribution in [0.1, 0.15) is 52.4 Å². The Balaban J connectivity index is 2.54. The molecule has 0 aliphatic heterocycles. The molecule has 1 fully saturated rings. The molecule has 1 unspecified atom stereocenters. The van der Waals surface area contributed by atoms with Gasteiger partial charge in [-0.05, 0) is 25.8 Å². The van der Waals surface area contributed by atoms with E-state index in [2.05, 4.69) is 5.32 Å². The molecule has 0 bridgehead atoms. The molecule has 1 atom stereocenters. The van der Waals surface area contributed by atoms with Crippen LogP contribution in [0.4, 0.5) is 0 Å². The van der Waals surface area contributed by atoms with Gasteiger partial charge in [-0.2, -0.15) is 0 Å². The molecule has 0 amide bonds. The van der Waals surface area contributed by atoms with E-state index in [1.165, 1.54) is 6.42 Å². The standard InChI is InChI=1S/C12H25NO2S/c1-3-11(13-4-2)10-16(14,15)12-8-6-5-7-9-12/h11-13H,3-10H2,1-2H3. The van der Waals surface area contributed by atoms with E-state index in [-0.39, 0.29) is 11.3 Å². The van der Waals surface area contributed by atoms with E-state index < -0.39 is 9.84 Å². The van der Waals surface area contributed by atoms with Gasteiger partial charge in [-0.25, -0.2) is 8.42 Å². The SMILES string of the molecule is CCNC(CC)CS(=O)(=O)C1CCCCC1. The maximum Gasteiger partial charge on any atom is 0.154 e. The number of nitrogens with one attached hydrogen (secondary N) is 1. The maximum absolute atomic E-state index is 12.2. The normalized spacial score (nSPS) is 20.9. The first-order valence-electron chi connectivity index (χ1n) is 6.55. The van der Waals surface area contributed by atoms with Crippen molar-refractivity contribution in [1.82, 2.24) is 5.32 Å². The quantitative estimate of drug-likeness (QED) is 0.782. The molecule has 0 aromatic rings. The van der Waals surface area contributed by atoms with Gasteiger partial charge in [-0.15, -0.1) is 0 Å². The summed E-state index contributed by atoms with van der Waals surface area (Å²) in [5.41, 5.74) is 0. The molecule has 4 heteroatoms. The molecule has 0 aromatic heterocycles. The molecule has 0 heterocycles. The third kappa shape index (κ3) is 4.06. The fourth-order valence-corrected chi connectivity index (χ4v) is 4.69. The van der Waals surface area contributed by atoms with Gasteiger partial charge in [0, 0.05) is 6.04 Å². The highest BCUT2D eigenvalue weighted by Gasteiger charge is 2.28. The number of hydrogen-bond acceptors (Lipinski definition) is 3. The lowest BCUT2D eigenvalue weighted by atomic mass is 10.0. The molecule has 0 aromatic carbocycles. The monoisotopic (exact) mass is 247 g/mol. The van der Waals surface area contributed by atoms with Crippen molar-refractivity contribution < 1.29 is 8.42 Å². The largest absolute Gasteiger partial charge is 0.313 e. The molecule has 3 nitrogen and oxygen atoms in total. The van der Waals surface area contributed by atoms with E-state index in [0.29, 0.717) is 5.75 Å². The summed E-state index contributed by atoms with van der Waals surface area (Å²) in [5, 5.41) is 3.19. The van der Waals surface area contributed by atoms with Gasteiger partial charge >= 0.3 is 0 Å². The highest BCUT2D eigenvalue weighted by molar-refractivity contribution is 7.92. The second-order valence-electron chi connectivity index (χ2n) is 4.75. The van der Waals surface area contributed by atoms with E-state index in [1.54, 1.807) is 0 Å². The topological polar surface area (TPSA) is 46.2 Å². The van der Waals surface area contributed by atoms with Crippen molar-refractivity contribution >= 4 is 9.84 Å². The summed E-state index contributed by atoms with van der Waals surface area (Å²) < 4.78 is 24.4. The number of rotatable bonds is 6. The van der Waals surface area contributed by atoms with Crippen molar-refractivity contribution in [3.63, 3.8) is 0 Å². The first-order valence-corrected chi connectivity index (χ1v) is 8.26. The molecule has 0 radical (unpaired) electrons. The van der Waals surface area contributed by atoms with Crippen molar-refractivity contribution in [1.29, 1.82) is 0 Å². The maximum atomic E-state index is 12.2. The molecule has 16 heavy (non-hydrogen) atoms. The third-order valence-electron chi connectivity index (χ3n) is 3.48.